The van der Waals surface area contributed by atoms with E-state index in [0.29, 0.717) is 43.8 Å². The van der Waals surface area contributed by atoms with Crippen molar-refractivity contribution in [2.75, 3.05) is 19.0 Å². The van der Waals surface area contributed by atoms with Crippen LogP contribution in [0.1, 0.15) is 63.9 Å². The Morgan fingerprint density at radius 1 is 1.08 bits per heavy atom. The van der Waals surface area contributed by atoms with Gasteiger partial charge in [-0.05, 0) is 43.6 Å². The maximum Gasteiger partial charge on any atom is 0.309 e. The van der Waals surface area contributed by atoms with E-state index in [1.54, 1.807) is 11.8 Å². The number of hydrogen-bond donors (Lipinski definition) is 2. The second kappa shape index (κ2) is 13.2. The zero-order chi connectivity index (χ0) is 25.3. The van der Waals surface area contributed by atoms with E-state index in [-0.39, 0.29) is 17.7 Å². The van der Waals surface area contributed by atoms with Crippen LogP contribution in [0.15, 0.2) is 35.4 Å². The number of nitrogens with one attached hydrogen (secondary N) is 2. The Morgan fingerprint density at radius 2 is 1.81 bits per heavy atom. The predicted octanol–water partition coefficient (Wildman–Crippen LogP) is 3.46. The van der Waals surface area contributed by atoms with E-state index in [1.165, 1.54) is 5.56 Å². The van der Waals surface area contributed by atoms with Crippen molar-refractivity contribution in [1.29, 1.82) is 0 Å². The van der Waals surface area contributed by atoms with E-state index in [2.05, 4.69) is 39.8 Å². The number of benzene rings is 1. The SMILES string of the molecule is CC[C@@H]1CSC(=NNC(=O)C(=O)[C@H](NC(=O)C2CCCCC2)C2CCOCC2)N1Cc1ccccc1. The molecule has 196 valence electrons. The average Bonchev–Trinajstić information content (AvgIpc) is 3.32. The lowest BCUT2D eigenvalue weighted by Crippen LogP contribution is -2.53. The number of ketones is 1. The van der Waals surface area contributed by atoms with E-state index < -0.39 is 17.7 Å². The molecule has 9 heteroatoms. The molecule has 8 nitrogen and oxygen atoms in total. The average molecular weight is 515 g/mol. The number of Topliss-reactive ketones (excluding diaryl/α,β-unsaturated/α-hetero) is 1. The van der Waals surface area contributed by atoms with Gasteiger partial charge in [-0.3, -0.25) is 14.4 Å². The van der Waals surface area contributed by atoms with Gasteiger partial charge in [0, 0.05) is 37.5 Å². The number of rotatable bonds is 9. The summed E-state index contributed by atoms with van der Waals surface area (Å²) in [5, 5.41) is 8.03. The second-order valence-corrected chi connectivity index (χ2v) is 10.9. The topological polar surface area (TPSA) is 100 Å². The predicted molar refractivity (Wildman–Crippen MR) is 141 cm³/mol. The number of amides is 2. The third-order valence-electron chi connectivity index (χ3n) is 7.53. The summed E-state index contributed by atoms with van der Waals surface area (Å²) >= 11 is 1.59. The summed E-state index contributed by atoms with van der Waals surface area (Å²) in [6.45, 7) is 3.89. The molecular formula is C27H38N4O4S. The largest absolute Gasteiger partial charge is 0.381 e. The van der Waals surface area contributed by atoms with E-state index in [4.69, 9.17) is 4.74 Å². The van der Waals surface area contributed by atoms with E-state index in [1.807, 2.05) is 18.2 Å². The first kappa shape index (κ1) is 26.7. The van der Waals surface area contributed by atoms with Crippen molar-refractivity contribution in [3.05, 3.63) is 35.9 Å². The van der Waals surface area contributed by atoms with Gasteiger partial charge in [0.05, 0.1) is 0 Å². The minimum Gasteiger partial charge on any atom is -0.381 e. The van der Waals surface area contributed by atoms with E-state index in [9.17, 15) is 14.4 Å². The molecule has 2 amide bonds. The molecule has 2 atom stereocenters. The summed E-state index contributed by atoms with van der Waals surface area (Å²) in [7, 11) is 0. The van der Waals surface area contributed by atoms with Crippen LogP contribution in [0.3, 0.4) is 0 Å². The van der Waals surface area contributed by atoms with Crippen molar-refractivity contribution >= 4 is 34.5 Å². The highest BCUT2D eigenvalue weighted by atomic mass is 32.2. The fraction of sp³-hybridized carbons (Fsp3) is 0.630. The summed E-state index contributed by atoms with van der Waals surface area (Å²) in [6.07, 6.45) is 7.13. The molecule has 2 saturated heterocycles. The summed E-state index contributed by atoms with van der Waals surface area (Å²) in [5.74, 6) is -0.816. The van der Waals surface area contributed by atoms with Crippen molar-refractivity contribution in [3.63, 3.8) is 0 Å². The van der Waals surface area contributed by atoms with Crippen LogP contribution < -0.4 is 10.7 Å². The smallest absolute Gasteiger partial charge is 0.309 e. The molecule has 1 aromatic carbocycles. The van der Waals surface area contributed by atoms with Crippen LogP contribution in [0.4, 0.5) is 0 Å². The third-order valence-corrected chi connectivity index (χ3v) is 8.66. The zero-order valence-electron chi connectivity index (χ0n) is 21.1. The van der Waals surface area contributed by atoms with Crippen LogP contribution in [0, 0.1) is 11.8 Å². The van der Waals surface area contributed by atoms with Gasteiger partial charge in [0.15, 0.2) is 5.17 Å². The van der Waals surface area contributed by atoms with Crippen molar-refractivity contribution in [2.45, 2.75) is 76.9 Å². The highest BCUT2D eigenvalue weighted by molar-refractivity contribution is 8.14. The van der Waals surface area contributed by atoms with Gasteiger partial charge in [-0.1, -0.05) is 68.3 Å². The number of carbonyl (C=O) groups is 3. The molecule has 3 fully saturated rings. The molecule has 4 rings (SSSR count). The molecule has 0 unspecified atom stereocenters. The Balaban J connectivity index is 1.43. The lowest BCUT2D eigenvalue weighted by atomic mass is 9.85. The molecule has 0 aromatic heterocycles. The number of hydrogen-bond acceptors (Lipinski definition) is 6. The summed E-state index contributed by atoms with van der Waals surface area (Å²) in [4.78, 5) is 41.4. The maximum atomic E-state index is 13.3. The van der Waals surface area contributed by atoms with Crippen molar-refractivity contribution in [1.82, 2.24) is 15.6 Å². The highest BCUT2D eigenvalue weighted by Crippen LogP contribution is 2.28. The first-order chi connectivity index (χ1) is 17.6. The molecule has 1 aliphatic carbocycles. The number of nitrogens with zero attached hydrogens (tertiary/aromatic N) is 2. The fourth-order valence-electron chi connectivity index (χ4n) is 5.29. The zero-order valence-corrected chi connectivity index (χ0v) is 21.9. The molecule has 1 aromatic rings. The fourth-order valence-corrected chi connectivity index (χ4v) is 6.54. The quantitative estimate of drug-likeness (QED) is 0.387. The lowest BCUT2D eigenvalue weighted by Gasteiger charge is -2.31. The number of carbonyl (C=O) groups excluding carboxylic acids is 3. The van der Waals surface area contributed by atoms with Gasteiger partial charge in [0.2, 0.25) is 11.7 Å². The molecule has 2 aliphatic heterocycles. The maximum absolute atomic E-state index is 13.3. The molecule has 0 bridgehead atoms. The Kier molecular flexibility index (Phi) is 9.81. The lowest BCUT2D eigenvalue weighted by molar-refractivity contribution is -0.142. The monoisotopic (exact) mass is 514 g/mol. The van der Waals surface area contributed by atoms with Crippen molar-refractivity contribution in [2.24, 2.45) is 16.9 Å². The van der Waals surface area contributed by atoms with Crippen LogP contribution in [-0.4, -0.2) is 58.7 Å². The van der Waals surface area contributed by atoms with Gasteiger partial charge in [-0.25, -0.2) is 5.43 Å². The molecule has 2 N–H and O–H groups in total. The summed E-state index contributed by atoms with van der Waals surface area (Å²) in [6, 6.07) is 9.62. The third kappa shape index (κ3) is 6.88. The first-order valence-electron chi connectivity index (χ1n) is 13.3. The standard InChI is InChI=1S/C27H38N4O4S/c1-2-22-18-36-27(31(22)17-19-9-5-3-6-10-19)30-29-26(34)24(32)23(20-13-15-35-16-14-20)28-25(33)21-11-7-4-8-12-21/h3,5-6,9-10,20-23H,2,4,7-8,11-18H2,1H3,(H,28,33)(H,29,34)/t22-,23-/m1/s1. The van der Waals surface area contributed by atoms with Crippen molar-refractivity contribution < 1.29 is 19.1 Å². The normalized spacial score (nSPS) is 23.4. The number of amidine groups is 1. The Morgan fingerprint density at radius 3 is 2.50 bits per heavy atom. The minimum absolute atomic E-state index is 0.0791. The highest BCUT2D eigenvalue weighted by Gasteiger charge is 2.37. The number of thioether (sulfide) groups is 1. The molecule has 3 aliphatic rings. The molecule has 0 spiro atoms. The summed E-state index contributed by atoms with van der Waals surface area (Å²) in [5.41, 5.74) is 3.68. The first-order valence-corrected chi connectivity index (χ1v) is 14.3. The Labute approximate surface area is 218 Å². The molecule has 1 saturated carbocycles. The van der Waals surface area contributed by atoms with Gasteiger partial charge in [0.1, 0.15) is 6.04 Å². The van der Waals surface area contributed by atoms with Gasteiger partial charge in [-0.2, -0.15) is 0 Å². The molecule has 2 heterocycles. The Bertz CT molecular complexity index is 929. The van der Waals surface area contributed by atoms with Crippen molar-refractivity contribution in [3.8, 4) is 0 Å². The molecule has 36 heavy (non-hydrogen) atoms. The Hall–Kier alpha value is -2.39. The van der Waals surface area contributed by atoms with Crippen LogP contribution in [0.5, 0.6) is 0 Å². The van der Waals surface area contributed by atoms with Crippen LogP contribution in [0.25, 0.3) is 0 Å². The van der Waals surface area contributed by atoms with Gasteiger partial charge >= 0.3 is 5.91 Å². The summed E-state index contributed by atoms with van der Waals surface area (Å²) < 4.78 is 5.45. The second-order valence-electron chi connectivity index (χ2n) is 9.96. The molecular weight excluding hydrogens is 476 g/mol. The van der Waals surface area contributed by atoms with E-state index in [0.717, 1.165) is 44.3 Å². The van der Waals surface area contributed by atoms with Crippen LogP contribution in [-0.2, 0) is 25.7 Å². The van der Waals surface area contributed by atoms with Gasteiger partial charge < -0.3 is 15.0 Å². The van der Waals surface area contributed by atoms with Crippen LogP contribution >= 0.6 is 11.8 Å². The molecule has 0 radical (unpaired) electrons. The number of ether oxygens (including phenoxy) is 1. The van der Waals surface area contributed by atoms with Crippen LogP contribution in [0.2, 0.25) is 0 Å². The minimum atomic E-state index is -0.844. The number of hydrazone groups is 1. The van der Waals surface area contributed by atoms with E-state index >= 15 is 0 Å². The van der Waals surface area contributed by atoms with Gasteiger partial charge in [0.25, 0.3) is 0 Å². The van der Waals surface area contributed by atoms with Gasteiger partial charge in [-0.15, -0.1) is 5.10 Å².